The van der Waals surface area contributed by atoms with Crippen molar-refractivity contribution in [2.24, 2.45) is 0 Å². The zero-order valence-corrected chi connectivity index (χ0v) is 15.5. The summed E-state index contributed by atoms with van der Waals surface area (Å²) < 4.78 is 5.36. The van der Waals surface area contributed by atoms with Crippen LogP contribution in [0.25, 0.3) is 0 Å². The first-order valence-electron chi connectivity index (χ1n) is 8.08. The van der Waals surface area contributed by atoms with Crippen molar-refractivity contribution in [2.45, 2.75) is 13.5 Å². The number of thiocarbonyl (C=S) groups is 1. The number of aromatic nitrogens is 2. The van der Waals surface area contributed by atoms with Crippen LogP contribution in [0.15, 0.2) is 30.3 Å². The van der Waals surface area contributed by atoms with E-state index >= 15 is 0 Å². The molecule has 8 heteroatoms. The van der Waals surface area contributed by atoms with Crippen LogP contribution in [0.3, 0.4) is 0 Å². The summed E-state index contributed by atoms with van der Waals surface area (Å²) in [6.45, 7) is 5.61. The molecule has 1 aliphatic heterocycles. The van der Waals surface area contributed by atoms with Gasteiger partial charge in [0, 0.05) is 25.7 Å². The van der Waals surface area contributed by atoms with Crippen LogP contribution >= 0.6 is 23.8 Å². The highest BCUT2D eigenvalue weighted by molar-refractivity contribution is 7.80. The smallest absolute Gasteiger partial charge is 0.232 e. The molecule has 0 bridgehead atoms. The Morgan fingerprint density at radius 3 is 2.68 bits per heavy atom. The number of ether oxygens (including phenoxy) is 1. The van der Waals surface area contributed by atoms with Gasteiger partial charge in [-0.2, -0.15) is 4.98 Å². The van der Waals surface area contributed by atoms with E-state index in [4.69, 9.17) is 28.6 Å². The topological polar surface area (TPSA) is 62.3 Å². The quantitative estimate of drug-likeness (QED) is 0.627. The first-order chi connectivity index (χ1) is 12.1. The lowest BCUT2D eigenvalue weighted by atomic mass is 10.1. The minimum Gasteiger partial charge on any atom is -0.378 e. The third-order valence-electron chi connectivity index (χ3n) is 3.82. The van der Waals surface area contributed by atoms with E-state index in [1.54, 1.807) is 6.07 Å². The molecule has 0 amide bonds. The highest BCUT2D eigenvalue weighted by Gasteiger charge is 2.15. The number of morpholine rings is 1. The number of anilines is 2. The summed E-state index contributed by atoms with van der Waals surface area (Å²) in [5, 5.41) is 6.98. The molecule has 1 fully saturated rings. The largest absolute Gasteiger partial charge is 0.378 e. The highest BCUT2D eigenvalue weighted by atomic mass is 35.5. The Labute approximate surface area is 157 Å². The number of benzene rings is 1. The van der Waals surface area contributed by atoms with Gasteiger partial charge in [-0.25, -0.2) is 4.98 Å². The number of halogens is 1. The molecule has 1 aliphatic rings. The molecule has 0 atom stereocenters. The Bertz CT molecular complexity index is 734. The maximum absolute atomic E-state index is 6.13. The fraction of sp³-hybridized carbons (Fsp3) is 0.353. The molecule has 0 unspecified atom stereocenters. The van der Waals surface area contributed by atoms with Gasteiger partial charge in [0.05, 0.1) is 13.2 Å². The average Bonchev–Trinajstić information content (AvgIpc) is 2.61. The molecule has 0 spiro atoms. The van der Waals surface area contributed by atoms with E-state index in [9.17, 15) is 0 Å². The van der Waals surface area contributed by atoms with E-state index in [2.05, 4.69) is 56.7 Å². The average molecular weight is 378 g/mol. The molecule has 2 N–H and O–H groups in total. The first-order valence-corrected chi connectivity index (χ1v) is 8.86. The van der Waals surface area contributed by atoms with E-state index < -0.39 is 0 Å². The van der Waals surface area contributed by atoms with Gasteiger partial charge in [-0.1, -0.05) is 41.4 Å². The Kier molecular flexibility index (Phi) is 6.01. The van der Waals surface area contributed by atoms with Crippen LogP contribution in [0.2, 0.25) is 5.15 Å². The van der Waals surface area contributed by atoms with Crippen molar-refractivity contribution in [1.29, 1.82) is 0 Å². The van der Waals surface area contributed by atoms with Gasteiger partial charge in [-0.3, -0.25) is 0 Å². The summed E-state index contributed by atoms with van der Waals surface area (Å²) in [6.07, 6.45) is 0. The van der Waals surface area contributed by atoms with E-state index in [0.717, 1.165) is 24.5 Å². The molecule has 25 heavy (non-hydrogen) atoms. The van der Waals surface area contributed by atoms with Crippen LogP contribution in [0.4, 0.5) is 11.8 Å². The molecule has 1 aromatic heterocycles. The summed E-state index contributed by atoms with van der Waals surface area (Å²) in [5.41, 5.74) is 2.38. The lowest BCUT2D eigenvalue weighted by molar-refractivity contribution is 0.122. The predicted molar refractivity (Wildman–Crippen MR) is 104 cm³/mol. The monoisotopic (exact) mass is 377 g/mol. The number of aryl methyl sites for hydroxylation is 1. The Hall–Kier alpha value is -1.96. The molecule has 2 heterocycles. The maximum Gasteiger partial charge on any atom is 0.232 e. The van der Waals surface area contributed by atoms with E-state index in [1.807, 2.05) is 0 Å². The molecule has 0 saturated carbocycles. The fourth-order valence-electron chi connectivity index (χ4n) is 2.45. The second kappa shape index (κ2) is 8.42. The molecule has 1 saturated heterocycles. The number of rotatable bonds is 4. The van der Waals surface area contributed by atoms with Gasteiger partial charge in [-0.15, -0.1) is 0 Å². The van der Waals surface area contributed by atoms with Crippen LogP contribution in [0, 0.1) is 6.92 Å². The summed E-state index contributed by atoms with van der Waals surface area (Å²) >= 11 is 11.5. The van der Waals surface area contributed by atoms with Crippen molar-refractivity contribution in [1.82, 2.24) is 15.3 Å². The third kappa shape index (κ3) is 5.26. The maximum atomic E-state index is 6.13. The SMILES string of the molecule is Cc1ccc(CNC(=S)Nc2nc(Cl)cc(N3CCOCC3)n2)cc1. The molecule has 6 nitrogen and oxygen atoms in total. The van der Waals surface area contributed by atoms with Crippen molar-refractivity contribution >= 4 is 40.7 Å². The lowest BCUT2D eigenvalue weighted by Crippen LogP contribution is -2.37. The van der Waals surface area contributed by atoms with Crippen molar-refractivity contribution in [3.05, 3.63) is 46.6 Å². The van der Waals surface area contributed by atoms with Crippen LogP contribution < -0.4 is 15.5 Å². The summed E-state index contributed by atoms with van der Waals surface area (Å²) in [4.78, 5) is 10.8. The minimum atomic E-state index is 0.375. The number of hydrogen-bond donors (Lipinski definition) is 2. The van der Waals surface area contributed by atoms with Gasteiger partial charge in [0.15, 0.2) is 5.11 Å². The molecular weight excluding hydrogens is 358 g/mol. The summed E-state index contributed by atoms with van der Waals surface area (Å²) in [6, 6.07) is 10.0. The first kappa shape index (κ1) is 17.8. The van der Waals surface area contributed by atoms with Gasteiger partial charge in [-0.05, 0) is 24.7 Å². The number of hydrogen-bond acceptors (Lipinski definition) is 5. The van der Waals surface area contributed by atoms with Crippen molar-refractivity contribution < 1.29 is 4.74 Å². The minimum absolute atomic E-state index is 0.375. The normalized spacial score (nSPS) is 14.2. The van der Waals surface area contributed by atoms with Crippen molar-refractivity contribution in [2.75, 3.05) is 36.5 Å². The van der Waals surface area contributed by atoms with Gasteiger partial charge in [0.1, 0.15) is 11.0 Å². The van der Waals surface area contributed by atoms with E-state index in [0.29, 0.717) is 36.0 Å². The van der Waals surface area contributed by atoms with Crippen LogP contribution in [0.5, 0.6) is 0 Å². The third-order valence-corrected chi connectivity index (χ3v) is 4.26. The zero-order chi connectivity index (χ0) is 17.6. The molecule has 1 aromatic carbocycles. The number of nitrogens with zero attached hydrogens (tertiary/aromatic N) is 3. The molecular formula is C17H20ClN5OS. The van der Waals surface area contributed by atoms with Gasteiger partial charge in [0.2, 0.25) is 5.95 Å². The standard InChI is InChI=1S/C17H20ClN5OS/c1-12-2-4-13(5-3-12)11-19-17(25)22-16-20-14(18)10-15(21-16)23-6-8-24-9-7-23/h2-5,10H,6-9,11H2,1H3,(H2,19,20,21,22,25). The Morgan fingerprint density at radius 1 is 1.24 bits per heavy atom. The molecule has 2 aromatic rings. The van der Waals surface area contributed by atoms with E-state index in [-0.39, 0.29) is 0 Å². The van der Waals surface area contributed by atoms with Gasteiger partial charge >= 0.3 is 0 Å². The van der Waals surface area contributed by atoms with Crippen molar-refractivity contribution in [3.8, 4) is 0 Å². The Morgan fingerprint density at radius 2 is 1.96 bits per heavy atom. The van der Waals surface area contributed by atoms with Crippen LogP contribution in [-0.4, -0.2) is 41.4 Å². The molecule has 0 radical (unpaired) electrons. The summed E-state index contributed by atoms with van der Waals surface area (Å²) in [5.74, 6) is 1.16. The van der Waals surface area contributed by atoms with Crippen LogP contribution in [-0.2, 0) is 11.3 Å². The number of nitrogens with one attached hydrogen (secondary N) is 2. The van der Waals surface area contributed by atoms with Gasteiger partial charge < -0.3 is 20.3 Å². The lowest BCUT2D eigenvalue weighted by Gasteiger charge is -2.28. The molecule has 132 valence electrons. The second-order valence-corrected chi connectivity index (χ2v) is 6.56. The predicted octanol–water partition coefficient (Wildman–Crippen LogP) is 2.76. The van der Waals surface area contributed by atoms with Gasteiger partial charge in [0.25, 0.3) is 0 Å². The fourth-order valence-corrected chi connectivity index (χ4v) is 2.79. The Balaban J connectivity index is 1.60. The van der Waals surface area contributed by atoms with E-state index in [1.165, 1.54) is 5.56 Å². The van der Waals surface area contributed by atoms with Crippen LogP contribution in [0.1, 0.15) is 11.1 Å². The highest BCUT2D eigenvalue weighted by Crippen LogP contribution is 2.19. The molecule has 0 aliphatic carbocycles. The molecule has 3 rings (SSSR count). The summed E-state index contributed by atoms with van der Waals surface area (Å²) in [7, 11) is 0. The van der Waals surface area contributed by atoms with Crippen molar-refractivity contribution in [3.63, 3.8) is 0 Å². The zero-order valence-electron chi connectivity index (χ0n) is 14.0. The second-order valence-electron chi connectivity index (χ2n) is 5.77.